The molecule has 0 amide bonds. The van der Waals surface area contributed by atoms with E-state index < -0.39 is 5.97 Å². The van der Waals surface area contributed by atoms with Crippen molar-refractivity contribution in [1.82, 2.24) is 10.3 Å². The molecular weight excluding hydrogens is 252 g/mol. The minimum absolute atomic E-state index is 0.235. The smallest absolute Gasteiger partial charge is 0.337 e. The number of carbonyl (C=O) groups is 1. The van der Waals surface area contributed by atoms with Crippen LogP contribution in [0.2, 0.25) is 0 Å². The van der Waals surface area contributed by atoms with E-state index in [4.69, 9.17) is 5.11 Å². The van der Waals surface area contributed by atoms with Gasteiger partial charge in [0.15, 0.2) is 0 Å². The maximum absolute atomic E-state index is 10.7. The third kappa shape index (κ3) is 7.24. The fourth-order valence-corrected chi connectivity index (χ4v) is 2.03. The third-order valence-electron chi connectivity index (χ3n) is 3.26. The maximum Gasteiger partial charge on any atom is 0.337 e. The number of aromatic carboxylic acids is 1. The molecule has 0 fully saturated rings. The molecule has 0 unspecified atom stereocenters. The van der Waals surface area contributed by atoms with Crippen LogP contribution in [0, 0.1) is 5.92 Å². The Hall–Kier alpha value is -1.42. The highest BCUT2D eigenvalue weighted by Crippen LogP contribution is 2.09. The van der Waals surface area contributed by atoms with Crippen LogP contribution in [0.15, 0.2) is 18.3 Å². The molecule has 0 spiro atoms. The average Bonchev–Trinajstić information content (AvgIpc) is 2.42. The first kappa shape index (κ1) is 16.6. The van der Waals surface area contributed by atoms with Crippen molar-refractivity contribution in [1.29, 1.82) is 0 Å². The summed E-state index contributed by atoms with van der Waals surface area (Å²) >= 11 is 0. The molecule has 0 aliphatic heterocycles. The number of hydrogen-bond donors (Lipinski definition) is 2. The molecule has 0 saturated heterocycles. The Morgan fingerprint density at radius 2 is 2.00 bits per heavy atom. The second-order valence-electron chi connectivity index (χ2n) is 5.62. The second kappa shape index (κ2) is 9.48. The van der Waals surface area contributed by atoms with Crippen molar-refractivity contribution in [2.75, 3.05) is 6.54 Å². The maximum atomic E-state index is 10.7. The van der Waals surface area contributed by atoms with Gasteiger partial charge in [0.25, 0.3) is 0 Å². The monoisotopic (exact) mass is 278 g/mol. The summed E-state index contributed by atoms with van der Waals surface area (Å²) in [6.45, 7) is 6.23. The SMILES string of the molecule is CC(C)CCCCCCNCc1ccc(C(=O)O)cn1. The Morgan fingerprint density at radius 1 is 1.25 bits per heavy atom. The van der Waals surface area contributed by atoms with Crippen LogP contribution < -0.4 is 5.32 Å². The number of rotatable bonds is 10. The molecule has 1 rings (SSSR count). The number of nitrogens with one attached hydrogen (secondary N) is 1. The molecule has 2 N–H and O–H groups in total. The summed E-state index contributed by atoms with van der Waals surface area (Å²) in [5.74, 6) is -0.119. The molecule has 112 valence electrons. The minimum atomic E-state index is -0.932. The largest absolute Gasteiger partial charge is 0.478 e. The Kier molecular flexibility index (Phi) is 7.88. The molecule has 1 aromatic rings. The molecule has 0 aliphatic carbocycles. The fourth-order valence-electron chi connectivity index (χ4n) is 2.03. The molecule has 0 aromatic carbocycles. The van der Waals surface area contributed by atoms with Crippen molar-refractivity contribution >= 4 is 5.97 Å². The molecule has 4 nitrogen and oxygen atoms in total. The van der Waals surface area contributed by atoms with Crippen LogP contribution in [0.1, 0.15) is 62.0 Å². The number of pyridine rings is 1. The van der Waals surface area contributed by atoms with Crippen molar-refractivity contribution < 1.29 is 9.90 Å². The average molecular weight is 278 g/mol. The minimum Gasteiger partial charge on any atom is -0.478 e. The lowest BCUT2D eigenvalue weighted by Crippen LogP contribution is -2.15. The highest BCUT2D eigenvalue weighted by Gasteiger charge is 2.02. The molecule has 0 saturated carbocycles. The summed E-state index contributed by atoms with van der Waals surface area (Å²) in [6.07, 6.45) is 7.83. The van der Waals surface area contributed by atoms with Gasteiger partial charge in [0, 0.05) is 12.7 Å². The van der Waals surface area contributed by atoms with Crippen LogP contribution in [0.4, 0.5) is 0 Å². The van der Waals surface area contributed by atoms with Crippen molar-refractivity contribution in [3.8, 4) is 0 Å². The van der Waals surface area contributed by atoms with Crippen molar-refractivity contribution in [3.63, 3.8) is 0 Å². The summed E-state index contributed by atoms with van der Waals surface area (Å²) in [4.78, 5) is 14.8. The van der Waals surface area contributed by atoms with Gasteiger partial charge in [-0.05, 0) is 31.0 Å². The molecule has 0 bridgehead atoms. The highest BCUT2D eigenvalue weighted by molar-refractivity contribution is 5.87. The summed E-state index contributed by atoms with van der Waals surface area (Å²) in [7, 11) is 0. The van der Waals surface area contributed by atoms with E-state index in [1.807, 2.05) is 0 Å². The predicted octanol–water partition coefficient (Wildman–Crippen LogP) is 3.48. The van der Waals surface area contributed by atoms with Gasteiger partial charge in [-0.2, -0.15) is 0 Å². The van der Waals surface area contributed by atoms with Crippen LogP contribution in [0.5, 0.6) is 0 Å². The van der Waals surface area contributed by atoms with Gasteiger partial charge < -0.3 is 10.4 Å². The number of carboxylic acid groups (broad SMARTS) is 1. The zero-order valence-corrected chi connectivity index (χ0v) is 12.6. The van der Waals surface area contributed by atoms with E-state index >= 15 is 0 Å². The van der Waals surface area contributed by atoms with Gasteiger partial charge in [-0.15, -0.1) is 0 Å². The van der Waals surface area contributed by atoms with E-state index in [-0.39, 0.29) is 5.56 Å². The Morgan fingerprint density at radius 3 is 2.60 bits per heavy atom. The van der Waals surface area contributed by atoms with E-state index in [9.17, 15) is 4.79 Å². The highest BCUT2D eigenvalue weighted by atomic mass is 16.4. The fraction of sp³-hybridized carbons (Fsp3) is 0.625. The number of hydrogen-bond acceptors (Lipinski definition) is 3. The van der Waals surface area contributed by atoms with E-state index in [2.05, 4.69) is 24.1 Å². The summed E-state index contributed by atoms with van der Waals surface area (Å²) < 4.78 is 0. The first-order valence-corrected chi connectivity index (χ1v) is 7.48. The Bertz CT molecular complexity index is 388. The standard InChI is InChI=1S/C16H26N2O2/c1-13(2)7-5-3-4-6-10-17-12-15-9-8-14(11-18-15)16(19)20/h8-9,11,13,17H,3-7,10,12H2,1-2H3,(H,19,20). The second-order valence-corrected chi connectivity index (χ2v) is 5.62. The lowest BCUT2D eigenvalue weighted by molar-refractivity contribution is 0.0696. The third-order valence-corrected chi connectivity index (χ3v) is 3.26. The van der Waals surface area contributed by atoms with Crippen LogP contribution in [0.3, 0.4) is 0 Å². The first-order valence-electron chi connectivity index (χ1n) is 7.48. The number of aromatic nitrogens is 1. The van der Waals surface area contributed by atoms with Gasteiger partial charge in [0.1, 0.15) is 0 Å². The van der Waals surface area contributed by atoms with E-state index in [1.165, 1.54) is 38.3 Å². The quantitative estimate of drug-likeness (QED) is 0.643. The normalized spacial score (nSPS) is 10.9. The van der Waals surface area contributed by atoms with Crippen LogP contribution in [-0.2, 0) is 6.54 Å². The van der Waals surface area contributed by atoms with Gasteiger partial charge in [-0.25, -0.2) is 4.79 Å². The number of carboxylic acids is 1. The van der Waals surface area contributed by atoms with Gasteiger partial charge in [-0.1, -0.05) is 39.5 Å². The van der Waals surface area contributed by atoms with Gasteiger partial charge in [0.2, 0.25) is 0 Å². The van der Waals surface area contributed by atoms with Gasteiger partial charge in [-0.3, -0.25) is 4.98 Å². The molecule has 4 heteroatoms. The van der Waals surface area contributed by atoms with E-state index in [1.54, 1.807) is 12.1 Å². The van der Waals surface area contributed by atoms with Crippen LogP contribution in [0.25, 0.3) is 0 Å². The van der Waals surface area contributed by atoms with Crippen LogP contribution in [-0.4, -0.2) is 22.6 Å². The summed E-state index contributed by atoms with van der Waals surface area (Å²) in [5.41, 5.74) is 1.12. The van der Waals surface area contributed by atoms with Gasteiger partial charge in [0.05, 0.1) is 11.3 Å². The molecule has 0 radical (unpaired) electrons. The van der Waals surface area contributed by atoms with E-state index in [0.29, 0.717) is 6.54 Å². The van der Waals surface area contributed by atoms with Crippen molar-refractivity contribution in [3.05, 3.63) is 29.6 Å². The number of unbranched alkanes of at least 4 members (excludes halogenated alkanes) is 3. The number of nitrogens with zero attached hydrogens (tertiary/aromatic N) is 1. The lowest BCUT2D eigenvalue weighted by atomic mass is 10.0. The molecular formula is C16H26N2O2. The topological polar surface area (TPSA) is 62.2 Å². The molecule has 0 atom stereocenters. The van der Waals surface area contributed by atoms with Crippen molar-refractivity contribution in [2.24, 2.45) is 5.92 Å². The summed E-state index contributed by atoms with van der Waals surface area (Å²) in [5, 5.41) is 12.1. The zero-order chi connectivity index (χ0) is 14.8. The molecule has 0 aliphatic rings. The summed E-state index contributed by atoms with van der Waals surface area (Å²) in [6, 6.07) is 3.36. The van der Waals surface area contributed by atoms with Crippen LogP contribution >= 0.6 is 0 Å². The lowest BCUT2D eigenvalue weighted by Gasteiger charge is -2.06. The molecule has 20 heavy (non-hydrogen) atoms. The molecule has 1 aromatic heterocycles. The van der Waals surface area contributed by atoms with Crippen molar-refractivity contribution in [2.45, 2.75) is 52.5 Å². The predicted molar refractivity (Wildman–Crippen MR) is 80.8 cm³/mol. The van der Waals surface area contributed by atoms with Gasteiger partial charge >= 0.3 is 5.97 Å². The molecule has 1 heterocycles. The zero-order valence-electron chi connectivity index (χ0n) is 12.6. The Labute approximate surface area is 121 Å². The first-order chi connectivity index (χ1) is 9.59. The Balaban J connectivity index is 2.05. The van der Waals surface area contributed by atoms with E-state index in [0.717, 1.165) is 18.2 Å².